The Morgan fingerprint density at radius 1 is 1.07 bits per heavy atom. The summed E-state index contributed by atoms with van der Waals surface area (Å²) in [5.74, 6) is -0.319. The number of hydrogen-bond acceptors (Lipinski definition) is 4. The number of nitrogens with two attached hydrogens (primary N) is 1. The molecule has 0 heterocycles. The average Bonchev–Trinajstić information content (AvgIpc) is 2.72. The van der Waals surface area contributed by atoms with E-state index in [-0.39, 0.29) is 5.75 Å². The van der Waals surface area contributed by atoms with Crippen LogP contribution < -0.4 is 5.14 Å². The highest BCUT2D eigenvalue weighted by molar-refractivity contribution is 14.1. The summed E-state index contributed by atoms with van der Waals surface area (Å²) in [5, 5.41) is 5.61. The molecule has 0 radical (unpaired) electrons. The van der Waals surface area contributed by atoms with Crippen molar-refractivity contribution in [2.24, 2.45) is 5.14 Å². The first kappa shape index (κ1) is 25.7. The Kier molecular flexibility index (Phi) is 8.92. The number of alkyl halides is 1. The number of primary sulfonamides is 1. The highest BCUT2D eigenvalue weighted by Gasteiger charge is 2.58. The van der Waals surface area contributed by atoms with Crippen LogP contribution in [0.1, 0.15) is 39.7 Å². The Morgan fingerprint density at radius 3 is 2.17 bits per heavy atom. The fraction of sp³-hybridized carbons (Fsp3) is 0.545. The largest absolute Gasteiger partial charge is 0.403 e. The predicted molar refractivity (Wildman–Crippen MR) is 134 cm³/mol. The Morgan fingerprint density at radius 2 is 1.67 bits per heavy atom. The normalized spacial score (nSPS) is 24.7. The van der Waals surface area contributed by atoms with Gasteiger partial charge in [-0.3, -0.25) is 0 Å². The zero-order valence-corrected chi connectivity index (χ0v) is 22.3. The highest BCUT2D eigenvalue weighted by Crippen LogP contribution is 2.50. The number of halogens is 1. The maximum absolute atomic E-state index is 12.4. The fourth-order valence-electron chi connectivity index (χ4n) is 4.04. The minimum absolute atomic E-state index is 0.319. The summed E-state index contributed by atoms with van der Waals surface area (Å²) in [5.41, 5.74) is 0.842. The van der Waals surface area contributed by atoms with Gasteiger partial charge in [-0.25, -0.2) is 13.6 Å². The minimum Gasteiger partial charge on any atom is -0.403 e. The van der Waals surface area contributed by atoms with Crippen LogP contribution in [0.2, 0.25) is 18.1 Å². The van der Waals surface area contributed by atoms with E-state index in [0.29, 0.717) is 6.61 Å². The van der Waals surface area contributed by atoms with Gasteiger partial charge in [-0.15, -0.1) is 0 Å². The summed E-state index contributed by atoms with van der Waals surface area (Å²) in [6.45, 7) is 8.80. The van der Waals surface area contributed by atoms with Crippen LogP contribution in [-0.2, 0) is 25.8 Å². The Labute approximate surface area is 196 Å². The molecule has 2 unspecified atom stereocenters. The molecule has 2 rings (SSSR count). The molecule has 2 N–H and O–H groups in total. The third-order valence-corrected chi connectivity index (χ3v) is 13.4. The lowest BCUT2D eigenvalue weighted by Crippen LogP contribution is -2.63. The van der Waals surface area contributed by atoms with E-state index >= 15 is 0 Å². The van der Waals surface area contributed by atoms with E-state index in [9.17, 15) is 8.42 Å². The monoisotopic (exact) mass is 563 g/mol. The van der Waals surface area contributed by atoms with Gasteiger partial charge in [-0.2, -0.15) is 0 Å². The van der Waals surface area contributed by atoms with Crippen LogP contribution in [0, 0.1) is 0 Å². The van der Waals surface area contributed by atoms with Crippen molar-refractivity contribution in [3.8, 4) is 0 Å². The summed E-state index contributed by atoms with van der Waals surface area (Å²) in [6, 6.07) is 12.6. The number of ether oxygens (including phenoxy) is 1. The van der Waals surface area contributed by atoms with Gasteiger partial charge in [-0.05, 0) is 64.4 Å². The highest BCUT2D eigenvalue weighted by atomic mass is 127. The van der Waals surface area contributed by atoms with Crippen molar-refractivity contribution in [1.82, 2.24) is 0 Å². The van der Waals surface area contributed by atoms with Crippen LogP contribution in [0.25, 0.3) is 0 Å². The number of rotatable bonds is 11. The molecule has 168 valence electrons. The summed E-state index contributed by atoms with van der Waals surface area (Å²) in [7, 11) is -6.03. The average molecular weight is 564 g/mol. The van der Waals surface area contributed by atoms with E-state index in [1.54, 1.807) is 0 Å². The van der Waals surface area contributed by atoms with Gasteiger partial charge in [0.25, 0.3) is 0 Å². The standard InChI is InChI=1S/C22H34INO4SSi/c1-5-20-15-12-16-21(18-29(24,25)26,28-30(6-2,7-3)8-4)22(20,23)27-17-19-13-10-9-11-14-19/h9-16H,5-8,17-18H2,1-4H3,(H2,24,25,26). The van der Waals surface area contributed by atoms with Crippen LogP contribution in [-0.4, -0.2) is 31.7 Å². The second kappa shape index (κ2) is 10.4. The number of sulfonamides is 1. The van der Waals surface area contributed by atoms with E-state index in [4.69, 9.17) is 14.3 Å². The fourth-order valence-corrected chi connectivity index (χ4v) is 9.76. The molecule has 1 aliphatic rings. The maximum atomic E-state index is 12.4. The van der Waals surface area contributed by atoms with Crippen LogP contribution in [0.5, 0.6) is 0 Å². The van der Waals surface area contributed by atoms with Gasteiger partial charge in [0.1, 0.15) is 5.60 Å². The van der Waals surface area contributed by atoms with Crippen LogP contribution in [0.3, 0.4) is 0 Å². The quantitative estimate of drug-likeness (QED) is 0.226. The first-order valence-corrected chi connectivity index (χ1v) is 15.9. The molecule has 0 bridgehead atoms. The molecule has 2 atom stereocenters. The van der Waals surface area contributed by atoms with Crippen molar-refractivity contribution in [3.05, 3.63) is 59.7 Å². The molecule has 8 heteroatoms. The van der Waals surface area contributed by atoms with Crippen molar-refractivity contribution in [1.29, 1.82) is 0 Å². The van der Waals surface area contributed by atoms with E-state index in [1.165, 1.54) is 0 Å². The molecular formula is C22H34INO4SSi. The van der Waals surface area contributed by atoms with Crippen molar-refractivity contribution in [3.63, 3.8) is 0 Å². The zero-order valence-electron chi connectivity index (χ0n) is 18.4. The third-order valence-electron chi connectivity index (χ3n) is 6.03. The van der Waals surface area contributed by atoms with Gasteiger partial charge >= 0.3 is 0 Å². The predicted octanol–water partition coefficient (Wildman–Crippen LogP) is 5.29. The third kappa shape index (κ3) is 5.63. The smallest absolute Gasteiger partial charge is 0.212 e. The van der Waals surface area contributed by atoms with Gasteiger partial charge in [0.2, 0.25) is 10.0 Å². The molecule has 0 fully saturated rings. The summed E-state index contributed by atoms with van der Waals surface area (Å²) in [4.78, 5) is 0. The van der Waals surface area contributed by atoms with Gasteiger partial charge in [-0.1, -0.05) is 70.2 Å². The molecule has 0 aliphatic heterocycles. The molecule has 0 saturated heterocycles. The molecule has 5 nitrogen and oxygen atoms in total. The molecule has 0 amide bonds. The molecule has 0 aromatic heterocycles. The van der Waals surface area contributed by atoms with E-state index in [0.717, 1.165) is 35.7 Å². The van der Waals surface area contributed by atoms with E-state index in [2.05, 4.69) is 50.3 Å². The van der Waals surface area contributed by atoms with Crippen LogP contribution in [0.15, 0.2) is 54.1 Å². The zero-order chi connectivity index (χ0) is 22.5. The number of allylic oxidation sites excluding steroid dienone is 2. The second-order valence-electron chi connectivity index (χ2n) is 7.82. The Hall–Kier alpha value is -0.523. The van der Waals surface area contributed by atoms with Crippen molar-refractivity contribution in [2.45, 2.75) is 68.1 Å². The number of hydrogen-bond donors (Lipinski definition) is 1. The van der Waals surface area contributed by atoms with Gasteiger partial charge in [0.05, 0.1) is 12.4 Å². The van der Waals surface area contributed by atoms with Crippen LogP contribution in [0.4, 0.5) is 0 Å². The minimum atomic E-state index is -3.83. The van der Waals surface area contributed by atoms with Gasteiger partial charge in [0.15, 0.2) is 11.9 Å². The lowest BCUT2D eigenvalue weighted by molar-refractivity contribution is -0.0630. The first-order chi connectivity index (χ1) is 14.1. The molecular weight excluding hydrogens is 529 g/mol. The Balaban J connectivity index is 2.59. The maximum Gasteiger partial charge on any atom is 0.212 e. The van der Waals surface area contributed by atoms with Gasteiger partial charge < -0.3 is 9.16 Å². The van der Waals surface area contributed by atoms with Gasteiger partial charge in [0, 0.05) is 0 Å². The van der Waals surface area contributed by atoms with Crippen LogP contribution >= 0.6 is 22.6 Å². The molecule has 1 aromatic rings. The summed E-state index contributed by atoms with van der Waals surface area (Å²) >= 11 is 2.26. The lowest BCUT2D eigenvalue weighted by atomic mass is 9.86. The summed E-state index contributed by atoms with van der Waals surface area (Å²) < 4.78 is 37.3. The van der Waals surface area contributed by atoms with Crippen molar-refractivity contribution >= 4 is 40.9 Å². The van der Waals surface area contributed by atoms with E-state index < -0.39 is 27.5 Å². The first-order valence-electron chi connectivity index (χ1n) is 10.6. The summed E-state index contributed by atoms with van der Waals surface area (Å²) in [6.07, 6.45) is 6.48. The van der Waals surface area contributed by atoms with E-state index in [1.807, 2.05) is 48.6 Å². The molecule has 0 saturated carbocycles. The second-order valence-corrected chi connectivity index (χ2v) is 15.6. The molecule has 1 aliphatic carbocycles. The topological polar surface area (TPSA) is 78.6 Å². The SMILES string of the molecule is CCC1=CC=CC(CS(N)(=O)=O)(O[Si](CC)(CC)CC)C1(I)OCc1ccccc1. The molecule has 1 aromatic carbocycles. The molecule has 0 spiro atoms. The van der Waals surface area contributed by atoms with Crippen molar-refractivity contribution in [2.75, 3.05) is 5.75 Å². The number of benzene rings is 1. The molecule has 30 heavy (non-hydrogen) atoms. The lowest BCUT2D eigenvalue weighted by Gasteiger charge is -2.51. The van der Waals surface area contributed by atoms with Crippen molar-refractivity contribution < 1.29 is 17.6 Å². The Bertz CT molecular complexity index is 862.